The molecule has 1 unspecified atom stereocenters. The maximum Gasteiger partial charge on any atom is 0.256 e. The van der Waals surface area contributed by atoms with Crippen molar-refractivity contribution in [3.63, 3.8) is 0 Å². The first-order chi connectivity index (χ1) is 15.8. The summed E-state index contributed by atoms with van der Waals surface area (Å²) in [7, 11) is -3.59. The zero-order valence-corrected chi connectivity index (χ0v) is 20.2. The summed E-state index contributed by atoms with van der Waals surface area (Å²) in [6.07, 6.45) is 5.77. The van der Waals surface area contributed by atoms with E-state index in [0.717, 1.165) is 42.5 Å². The second-order valence-corrected chi connectivity index (χ2v) is 10.9. The average Bonchev–Trinajstić information content (AvgIpc) is 3.26. The van der Waals surface area contributed by atoms with Crippen LogP contribution in [0.1, 0.15) is 49.5 Å². The van der Waals surface area contributed by atoms with Gasteiger partial charge in [-0.05, 0) is 62.2 Å². The normalized spacial score (nSPS) is 15.9. The van der Waals surface area contributed by atoms with E-state index >= 15 is 0 Å². The van der Waals surface area contributed by atoms with Gasteiger partial charge in [0.2, 0.25) is 0 Å². The molecular formula is C26H31N3O3S. The number of fused-ring (bicyclic) bond motifs is 1. The molecule has 0 radical (unpaired) electrons. The number of hydrogen-bond acceptors (Lipinski definition) is 4. The van der Waals surface area contributed by atoms with Gasteiger partial charge in [-0.3, -0.25) is 9.69 Å². The van der Waals surface area contributed by atoms with Crippen molar-refractivity contribution in [3.05, 3.63) is 65.9 Å². The fourth-order valence-corrected chi connectivity index (χ4v) is 5.85. The minimum Gasteiger partial charge on any atom is -0.361 e. The van der Waals surface area contributed by atoms with E-state index in [1.807, 2.05) is 31.3 Å². The minimum atomic E-state index is -3.59. The zero-order valence-electron chi connectivity index (χ0n) is 19.4. The van der Waals surface area contributed by atoms with Crippen LogP contribution in [0.2, 0.25) is 0 Å². The molecule has 1 aliphatic rings. The van der Waals surface area contributed by atoms with Crippen LogP contribution in [0.15, 0.2) is 59.6 Å². The van der Waals surface area contributed by atoms with Gasteiger partial charge in [0.25, 0.3) is 5.91 Å². The Labute approximate surface area is 195 Å². The summed E-state index contributed by atoms with van der Waals surface area (Å²) < 4.78 is 25.9. The number of amides is 1. The third kappa shape index (κ3) is 4.61. The molecule has 2 aromatic carbocycles. The van der Waals surface area contributed by atoms with E-state index in [1.54, 1.807) is 25.1 Å². The van der Waals surface area contributed by atoms with E-state index in [4.69, 9.17) is 0 Å². The Hall–Kier alpha value is -2.90. The van der Waals surface area contributed by atoms with Crippen LogP contribution in [0.25, 0.3) is 16.5 Å². The van der Waals surface area contributed by atoms with Crippen LogP contribution >= 0.6 is 0 Å². The first kappa shape index (κ1) is 23.3. The molecule has 0 saturated carbocycles. The van der Waals surface area contributed by atoms with Crippen LogP contribution < -0.4 is 5.32 Å². The molecule has 1 aromatic heterocycles. The fourth-order valence-electron chi connectivity index (χ4n) is 4.24. The van der Waals surface area contributed by atoms with Crippen molar-refractivity contribution in [1.82, 2.24) is 9.88 Å². The molecule has 7 heteroatoms. The molecule has 0 aliphatic carbocycles. The highest BCUT2D eigenvalue weighted by Crippen LogP contribution is 2.31. The van der Waals surface area contributed by atoms with Gasteiger partial charge < -0.3 is 10.3 Å². The number of aromatic nitrogens is 1. The Morgan fingerprint density at radius 1 is 1.18 bits per heavy atom. The van der Waals surface area contributed by atoms with Crippen LogP contribution in [-0.2, 0) is 9.84 Å². The number of benzene rings is 2. The molecule has 2 N–H and O–H groups in total. The third-order valence-electron chi connectivity index (χ3n) is 6.57. The molecule has 1 amide bonds. The molecular weight excluding hydrogens is 434 g/mol. The number of nitrogens with zero attached hydrogens (tertiary/aromatic N) is 1. The van der Waals surface area contributed by atoms with Gasteiger partial charge in [-0.25, -0.2) is 8.42 Å². The number of sulfone groups is 1. The summed E-state index contributed by atoms with van der Waals surface area (Å²) in [6.45, 7) is 8.69. The van der Waals surface area contributed by atoms with Crippen LogP contribution in [0.5, 0.6) is 0 Å². The Morgan fingerprint density at radius 3 is 2.67 bits per heavy atom. The number of likely N-dealkylation sites (N-methyl/N-ethyl adjacent to an activating group) is 1. The topological polar surface area (TPSA) is 82.3 Å². The first-order valence-electron chi connectivity index (χ1n) is 11.5. The van der Waals surface area contributed by atoms with Crippen LogP contribution in [-0.4, -0.2) is 49.1 Å². The van der Waals surface area contributed by atoms with Crippen molar-refractivity contribution < 1.29 is 13.2 Å². The minimum absolute atomic E-state index is 0.0769. The maximum absolute atomic E-state index is 13.1. The number of nitrogens with one attached hydrogen (secondary N) is 2. The second-order valence-electron chi connectivity index (χ2n) is 8.55. The molecule has 33 heavy (non-hydrogen) atoms. The van der Waals surface area contributed by atoms with Crippen LogP contribution in [0, 0.1) is 0 Å². The van der Waals surface area contributed by atoms with Crippen molar-refractivity contribution in [2.75, 3.05) is 25.0 Å². The number of hydrogen-bond donors (Lipinski definition) is 2. The van der Waals surface area contributed by atoms with Crippen LogP contribution in [0.3, 0.4) is 0 Å². The highest BCUT2D eigenvalue weighted by molar-refractivity contribution is 7.92. The van der Waals surface area contributed by atoms with E-state index < -0.39 is 21.0 Å². The van der Waals surface area contributed by atoms with Crippen molar-refractivity contribution in [2.45, 2.75) is 43.8 Å². The SMILES string of the molecule is CCC(C)S(=O)(=O)c1ccccc1C(=O)Nc1ccc2[nH]cc(C3=CCN(CC)CC3)c2c1. The molecule has 0 spiro atoms. The lowest BCUT2D eigenvalue weighted by atomic mass is 9.98. The maximum atomic E-state index is 13.1. The number of aromatic amines is 1. The van der Waals surface area contributed by atoms with Gasteiger partial charge in [0.05, 0.1) is 15.7 Å². The van der Waals surface area contributed by atoms with E-state index in [9.17, 15) is 13.2 Å². The van der Waals surface area contributed by atoms with Crippen molar-refractivity contribution in [1.29, 1.82) is 0 Å². The average molecular weight is 466 g/mol. The standard InChI is InChI=1S/C26H31N3O3S/c1-4-18(3)33(31,32)25-9-7-6-8-21(25)26(30)28-20-10-11-24-22(16-20)23(17-27-24)19-12-14-29(5-2)15-13-19/h6-12,16-18,27H,4-5,13-15H2,1-3H3,(H,28,30). The molecule has 174 valence electrons. The van der Waals surface area contributed by atoms with Gasteiger partial charge in [0.15, 0.2) is 9.84 Å². The lowest BCUT2D eigenvalue weighted by Gasteiger charge is -2.24. The lowest BCUT2D eigenvalue weighted by Crippen LogP contribution is -2.27. The van der Waals surface area contributed by atoms with Gasteiger partial charge in [0, 0.05) is 41.4 Å². The fraction of sp³-hybridized carbons (Fsp3) is 0.346. The molecule has 0 saturated heterocycles. The van der Waals surface area contributed by atoms with Gasteiger partial charge in [-0.2, -0.15) is 0 Å². The highest BCUT2D eigenvalue weighted by Gasteiger charge is 2.27. The third-order valence-corrected chi connectivity index (χ3v) is 8.93. The molecule has 2 heterocycles. The molecule has 6 nitrogen and oxygen atoms in total. The summed E-state index contributed by atoms with van der Waals surface area (Å²) in [5.41, 5.74) is 4.26. The molecule has 0 fully saturated rings. The first-order valence-corrected chi connectivity index (χ1v) is 13.1. The Kier molecular flexibility index (Phi) is 6.72. The number of anilines is 1. The number of carbonyl (C=O) groups is 1. The zero-order chi connectivity index (χ0) is 23.6. The molecule has 4 rings (SSSR count). The Balaban J connectivity index is 1.63. The van der Waals surface area contributed by atoms with Gasteiger partial charge in [0.1, 0.15) is 0 Å². The smallest absolute Gasteiger partial charge is 0.256 e. The largest absolute Gasteiger partial charge is 0.361 e. The quantitative estimate of drug-likeness (QED) is 0.508. The summed E-state index contributed by atoms with van der Waals surface area (Å²) in [6, 6.07) is 12.2. The van der Waals surface area contributed by atoms with E-state index in [2.05, 4.69) is 28.2 Å². The number of rotatable bonds is 7. The summed E-state index contributed by atoms with van der Waals surface area (Å²) >= 11 is 0. The summed E-state index contributed by atoms with van der Waals surface area (Å²) in [5, 5.41) is 3.40. The Morgan fingerprint density at radius 2 is 1.97 bits per heavy atom. The lowest BCUT2D eigenvalue weighted by molar-refractivity contribution is 0.102. The van der Waals surface area contributed by atoms with Gasteiger partial charge in [-0.15, -0.1) is 0 Å². The van der Waals surface area contributed by atoms with E-state index in [1.165, 1.54) is 11.6 Å². The Bertz CT molecular complexity index is 1310. The number of H-pyrrole nitrogens is 1. The van der Waals surface area contributed by atoms with Crippen LogP contribution in [0.4, 0.5) is 5.69 Å². The monoisotopic (exact) mass is 465 g/mol. The molecule has 1 aliphatic heterocycles. The second kappa shape index (κ2) is 9.53. The highest BCUT2D eigenvalue weighted by atomic mass is 32.2. The van der Waals surface area contributed by atoms with Crippen molar-refractivity contribution in [2.24, 2.45) is 0 Å². The van der Waals surface area contributed by atoms with E-state index in [0.29, 0.717) is 12.1 Å². The molecule has 1 atom stereocenters. The van der Waals surface area contributed by atoms with Crippen molar-refractivity contribution >= 4 is 37.9 Å². The summed E-state index contributed by atoms with van der Waals surface area (Å²) in [4.78, 5) is 18.9. The van der Waals surface area contributed by atoms with Gasteiger partial charge in [-0.1, -0.05) is 32.1 Å². The predicted octanol–water partition coefficient (Wildman–Crippen LogP) is 5.10. The molecule has 0 bridgehead atoms. The number of carbonyl (C=O) groups excluding carboxylic acids is 1. The van der Waals surface area contributed by atoms with E-state index in [-0.39, 0.29) is 10.5 Å². The molecule has 3 aromatic rings. The summed E-state index contributed by atoms with van der Waals surface area (Å²) in [5.74, 6) is -0.426. The van der Waals surface area contributed by atoms with Gasteiger partial charge >= 0.3 is 0 Å². The predicted molar refractivity (Wildman–Crippen MR) is 134 cm³/mol. The van der Waals surface area contributed by atoms with Crippen molar-refractivity contribution in [3.8, 4) is 0 Å².